The molecule has 7 nitrogen and oxygen atoms in total. The summed E-state index contributed by atoms with van der Waals surface area (Å²) in [6.07, 6.45) is 7.00. The second kappa shape index (κ2) is 7.75. The lowest BCUT2D eigenvalue weighted by atomic mass is 10.1. The van der Waals surface area contributed by atoms with E-state index in [-0.39, 0.29) is 11.9 Å². The SMILES string of the molecule is O=C(N[C@@H]1CCCN(c2cnccn2)C1)c1cc(-c2ccc(Cl)cc2)n[nH]1. The molecule has 1 amide bonds. The first-order chi connectivity index (χ1) is 13.2. The summed E-state index contributed by atoms with van der Waals surface area (Å²) >= 11 is 5.91. The number of nitrogens with zero attached hydrogens (tertiary/aromatic N) is 4. The quantitative estimate of drug-likeness (QED) is 0.724. The average molecular weight is 383 g/mol. The van der Waals surface area contributed by atoms with E-state index in [0.29, 0.717) is 23.0 Å². The number of rotatable bonds is 4. The molecule has 1 aromatic carbocycles. The summed E-state index contributed by atoms with van der Waals surface area (Å²) in [5.41, 5.74) is 2.06. The molecule has 0 radical (unpaired) electrons. The van der Waals surface area contributed by atoms with Crippen molar-refractivity contribution in [2.24, 2.45) is 0 Å². The minimum absolute atomic E-state index is 0.0514. The fourth-order valence-electron chi connectivity index (χ4n) is 3.23. The number of anilines is 1. The number of carbonyl (C=O) groups excluding carboxylic acids is 1. The van der Waals surface area contributed by atoms with Gasteiger partial charge in [0.1, 0.15) is 11.5 Å². The predicted molar refractivity (Wildman–Crippen MR) is 104 cm³/mol. The van der Waals surface area contributed by atoms with Gasteiger partial charge in [-0.1, -0.05) is 23.7 Å². The lowest BCUT2D eigenvalue weighted by Gasteiger charge is -2.33. The Morgan fingerprint density at radius 3 is 2.89 bits per heavy atom. The summed E-state index contributed by atoms with van der Waals surface area (Å²) in [5.74, 6) is 0.678. The Balaban J connectivity index is 1.41. The van der Waals surface area contributed by atoms with Crippen LogP contribution in [-0.2, 0) is 0 Å². The highest BCUT2D eigenvalue weighted by Crippen LogP contribution is 2.21. The summed E-state index contributed by atoms with van der Waals surface area (Å²) in [4.78, 5) is 23.2. The van der Waals surface area contributed by atoms with Crippen LogP contribution in [0, 0.1) is 0 Å². The van der Waals surface area contributed by atoms with Crippen LogP contribution in [-0.4, -0.2) is 45.2 Å². The zero-order valence-electron chi connectivity index (χ0n) is 14.6. The molecule has 27 heavy (non-hydrogen) atoms. The molecule has 3 aromatic rings. The van der Waals surface area contributed by atoms with E-state index in [2.05, 4.69) is 30.4 Å². The smallest absolute Gasteiger partial charge is 0.269 e. The van der Waals surface area contributed by atoms with Gasteiger partial charge in [0, 0.05) is 42.1 Å². The molecule has 138 valence electrons. The molecule has 3 heterocycles. The maximum atomic E-state index is 12.6. The van der Waals surface area contributed by atoms with Gasteiger partial charge in [0.25, 0.3) is 5.91 Å². The lowest BCUT2D eigenvalue weighted by molar-refractivity contribution is 0.0928. The summed E-state index contributed by atoms with van der Waals surface area (Å²) in [6, 6.07) is 9.15. The molecule has 1 aliphatic heterocycles. The molecule has 2 aromatic heterocycles. The number of aromatic nitrogens is 4. The van der Waals surface area contributed by atoms with E-state index in [9.17, 15) is 4.79 Å². The van der Waals surface area contributed by atoms with Crippen molar-refractivity contribution in [3.8, 4) is 11.3 Å². The van der Waals surface area contributed by atoms with Crippen LogP contribution in [0.1, 0.15) is 23.3 Å². The monoisotopic (exact) mass is 382 g/mol. The number of piperidine rings is 1. The summed E-state index contributed by atoms with van der Waals surface area (Å²) < 4.78 is 0. The third kappa shape index (κ3) is 4.09. The third-order valence-corrected chi connectivity index (χ3v) is 4.84. The van der Waals surface area contributed by atoms with E-state index in [0.717, 1.165) is 30.8 Å². The van der Waals surface area contributed by atoms with Gasteiger partial charge in [-0.2, -0.15) is 5.10 Å². The van der Waals surface area contributed by atoms with Crippen molar-refractivity contribution in [1.29, 1.82) is 0 Å². The highest BCUT2D eigenvalue weighted by Gasteiger charge is 2.23. The predicted octanol–water partition coefficient (Wildman–Crippen LogP) is 2.92. The molecule has 0 bridgehead atoms. The van der Waals surface area contributed by atoms with Gasteiger partial charge >= 0.3 is 0 Å². The molecule has 1 fully saturated rings. The van der Waals surface area contributed by atoms with E-state index in [1.54, 1.807) is 36.8 Å². The molecule has 0 unspecified atom stereocenters. The van der Waals surface area contributed by atoms with Crippen LogP contribution in [0.25, 0.3) is 11.3 Å². The molecule has 1 saturated heterocycles. The Kier molecular flexibility index (Phi) is 5.02. The molecule has 1 aliphatic rings. The molecular formula is C19H19ClN6O. The molecule has 2 N–H and O–H groups in total. The zero-order valence-corrected chi connectivity index (χ0v) is 15.4. The van der Waals surface area contributed by atoms with Gasteiger partial charge in [0.2, 0.25) is 0 Å². The maximum absolute atomic E-state index is 12.6. The van der Waals surface area contributed by atoms with Crippen LogP contribution in [0.3, 0.4) is 0 Å². The van der Waals surface area contributed by atoms with E-state index in [4.69, 9.17) is 11.6 Å². The van der Waals surface area contributed by atoms with Crippen LogP contribution in [0.15, 0.2) is 48.9 Å². The third-order valence-electron chi connectivity index (χ3n) is 4.59. The van der Waals surface area contributed by atoms with Crippen molar-refractivity contribution in [1.82, 2.24) is 25.5 Å². The zero-order chi connectivity index (χ0) is 18.6. The van der Waals surface area contributed by atoms with Gasteiger partial charge in [0.05, 0.1) is 11.9 Å². The number of carbonyl (C=O) groups is 1. The van der Waals surface area contributed by atoms with Crippen molar-refractivity contribution in [2.45, 2.75) is 18.9 Å². The molecular weight excluding hydrogens is 364 g/mol. The molecule has 0 saturated carbocycles. The number of aromatic amines is 1. The highest BCUT2D eigenvalue weighted by atomic mass is 35.5. The van der Waals surface area contributed by atoms with Gasteiger partial charge < -0.3 is 10.2 Å². The summed E-state index contributed by atoms with van der Waals surface area (Å²) in [6.45, 7) is 1.62. The van der Waals surface area contributed by atoms with Gasteiger partial charge in [-0.3, -0.25) is 14.9 Å². The molecule has 4 rings (SSSR count). The van der Waals surface area contributed by atoms with Gasteiger partial charge in [0.15, 0.2) is 0 Å². The Hall–Kier alpha value is -2.93. The number of H-pyrrole nitrogens is 1. The van der Waals surface area contributed by atoms with Crippen LogP contribution in [0.4, 0.5) is 5.82 Å². The fourth-order valence-corrected chi connectivity index (χ4v) is 3.35. The Morgan fingerprint density at radius 1 is 1.26 bits per heavy atom. The number of amides is 1. The number of benzene rings is 1. The second-order valence-corrected chi connectivity index (χ2v) is 6.93. The van der Waals surface area contributed by atoms with Crippen LogP contribution >= 0.6 is 11.6 Å². The lowest BCUT2D eigenvalue weighted by Crippen LogP contribution is -2.48. The van der Waals surface area contributed by atoms with E-state index in [1.807, 2.05) is 12.1 Å². The first kappa shape index (κ1) is 17.5. The highest BCUT2D eigenvalue weighted by molar-refractivity contribution is 6.30. The molecule has 1 atom stereocenters. The van der Waals surface area contributed by atoms with E-state index >= 15 is 0 Å². The number of nitrogens with one attached hydrogen (secondary N) is 2. The topological polar surface area (TPSA) is 86.8 Å². The molecule has 0 spiro atoms. The Morgan fingerprint density at radius 2 is 2.11 bits per heavy atom. The van der Waals surface area contributed by atoms with Crippen molar-refractivity contribution in [3.63, 3.8) is 0 Å². The first-order valence-electron chi connectivity index (χ1n) is 8.82. The number of hydrogen-bond donors (Lipinski definition) is 2. The maximum Gasteiger partial charge on any atom is 0.269 e. The van der Waals surface area contributed by atoms with Crippen LogP contribution in [0.5, 0.6) is 0 Å². The average Bonchev–Trinajstić information content (AvgIpc) is 3.20. The van der Waals surface area contributed by atoms with E-state index < -0.39 is 0 Å². The van der Waals surface area contributed by atoms with Gasteiger partial charge in [-0.25, -0.2) is 4.98 Å². The number of hydrogen-bond acceptors (Lipinski definition) is 5. The second-order valence-electron chi connectivity index (χ2n) is 6.50. The normalized spacial score (nSPS) is 16.9. The standard InChI is InChI=1S/C19H19ClN6O/c20-14-5-3-13(4-6-14)16-10-17(25-24-16)19(27)23-15-2-1-9-26(12-15)18-11-21-7-8-22-18/h3-8,10-11,15H,1-2,9,12H2,(H,23,27)(H,24,25)/t15-/m1/s1. The molecule has 0 aliphatic carbocycles. The Bertz CT molecular complexity index is 911. The largest absolute Gasteiger partial charge is 0.353 e. The Labute approximate surface area is 161 Å². The van der Waals surface area contributed by atoms with Crippen molar-refractivity contribution >= 4 is 23.3 Å². The fraction of sp³-hybridized carbons (Fsp3) is 0.263. The van der Waals surface area contributed by atoms with Gasteiger partial charge in [-0.15, -0.1) is 0 Å². The minimum atomic E-state index is -0.159. The van der Waals surface area contributed by atoms with Crippen LogP contribution in [0.2, 0.25) is 5.02 Å². The minimum Gasteiger partial charge on any atom is -0.353 e. The summed E-state index contributed by atoms with van der Waals surface area (Å²) in [7, 11) is 0. The van der Waals surface area contributed by atoms with Crippen LogP contribution < -0.4 is 10.2 Å². The van der Waals surface area contributed by atoms with Crippen molar-refractivity contribution in [3.05, 3.63) is 59.6 Å². The van der Waals surface area contributed by atoms with Crippen molar-refractivity contribution < 1.29 is 4.79 Å². The van der Waals surface area contributed by atoms with Gasteiger partial charge in [-0.05, 0) is 31.0 Å². The van der Waals surface area contributed by atoms with E-state index in [1.165, 1.54) is 0 Å². The molecule has 8 heteroatoms. The number of halogens is 1. The summed E-state index contributed by atoms with van der Waals surface area (Å²) in [5, 5.41) is 10.8. The van der Waals surface area contributed by atoms with Crippen molar-refractivity contribution in [2.75, 3.05) is 18.0 Å². The first-order valence-corrected chi connectivity index (χ1v) is 9.20.